The highest BCUT2D eigenvalue weighted by Gasteiger charge is 2.42. The van der Waals surface area contributed by atoms with E-state index in [9.17, 15) is 13.2 Å². The number of aromatic nitrogens is 2. The molecule has 1 amide bonds. The SMILES string of the molecule is CS(=O)(=O)NC(=O)c1ccc2nc(N3C4CCC3CC(NCc3c(-c5c(Cl)cccc5Cl)noc3C3CC3)C4)sc2c1. The number of thiazole rings is 1. The molecule has 4 heterocycles. The summed E-state index contributed by atoms with van der Waals surface area (Å²) in [4.78, 5) is 19.7. The van der Waals surface area contributed by atoms with Crippen molar-refractivity contribution in [3.63, 3.8) is 0 Å². The highest BCUT2D eigenvalue weighted by Crippen LogP contribution is 2.46. The van der Waals surface area contributed by atoms with Crippen LogP contribution in [-0.2, 0) is 16.6 Å². The van der Waals surface area contributed by atoms with Crippen molar-refractivity contribution in [3.05, 3.63) is 63.3 Å². The largest absolute Gasteiger partial charge is 0.360 e. The molecule has 2 aromatic heterocycles. The molecule has 0 radical (unpaired) electrons. The average molecular weight is 647 g/mol. The van der Waals surface area contributed by atoms with Gasteiger partial charge in [-0.25, -0.2) is 18.1 Å². The molecule has 4 aromatic rings. The zero-order chi connectivity index (χ0) is 29.2. The summed E-state index contributed by atoms with van der Waals surface area (Å²) < 4.78 is 31.7. The maximum absolute atomic E-state index is 12.4. The Bertz CT molecular complexity index is 1770. The molecule has 2 unspecified atom stereocenters. The van der Waals surface area contributed by atoms with E-state index in [1.54, 1.807) is 29.5 Å². The lowest BCUT2D eigenvalue weighted by Crippen LogP contribution is -2.49. The van der Waals surface area contributed by atoms with Crippen molar-refractivity contribution in [2.24, 2.45) is 0 Å². The van der Waals surface area contributed by atoms with Crippen LogP contribution in [0.1, 0.15) is 66.1 Å². The third-order valence-electron chi connectivity index (χ3n) is 8.41. The van der Waals surface area contributed by atoms with Crippen molar-refractivity contribution in [3.8, 4) is 11.3 Å². The quantitative estimate of drug-likeness (QED) is 0.236. The number of hydrogen-bond donors (Lipinski definition) is 2. The first-order chi connectivity index (χ1) is 20.1. The summed E-state index contributed by atoms with van der Waals surface area (Å²) >= 11 is 14.6. The van der Waals surface area contributed by atoms with Crippen molar-refractivity contribution in [2.75, 3.05) is 11.2 Å². The highest BCUT2D eigenvalue weighted by molar-refractivity contribution is 7.89. The van der Waals surface area contributed by atoms with E-state index in [2.05, 4.69) is 15.4 Å². The summed E-state index contributed by atoms with van der Waals surface area (Å²) in [6, 6.07) is 11.6. The Balaban J connectivity index is 1.08. The van der Waals surface area contributed by atoms with Crippen LogP contribution in [0.15, 0.2) is 40.9 Å². The topological polar surface area (TPSA) is 117 Å². The van der Waals surface area contributed by atoms with Gasteiger partial charge in [-0.15, -0.1) is 0 Å². The standard InChI is InChI=1S/C29H29Cl2N5O4S2/c1-42(38,39)35-28(37)16-7-10-23-24(11-16)41-29(33-23)36-18-8-9-19(36)13-17(12-18)32-14-20-26(34-40-27(20)15-5-6-15)25-21(30)3-2-4-22(25)31/h2-4,7,10-11,15,17-19,32H,5-6,8-9,12-14H2,1H3,(H,35,37). The van der Waals surface area contributed by atoms with Gasteiger partial charge in [0, 0.05) is 47.3 Å². The molecule has 2 N–H and O–H groups in total. The molecule has 0 spiro atoms. The van der Waals surface area contributed by atoms with E-state index in [4.69, 9.17) is 32.7 Å². The predicted octanol–water partition coefficient (Wildman–Crippen LogP) is 6.11. The molecular formula is C29H29Cl2N5O4S2. The van der Waals surface area contributed by atoms with Gasteiger partial charge in [-0.2, -0.15) is 0 Å². The van der Waals surface area contributed by atoms with Crippen LogP contribution in [0, 0.1) is 0 Å². The first-order valence-electron chi connectivity index (χ1n) is 14.0. The van der Waals surface area contributed by atoms with Crippen molar-refractivity contribution < 1.29 is 17.7 Å². The molecule has 42 heavy (non-hydrogen) atoms. The van der Waals surface area contributed by atoms with Crippen LogP contribution in [0.5, 0.6) is 0 Å². The van der Waals surface area contributed by atoms with Crippen molar-refractivity contribution in [1.82, 2.24) is 20.2 Å². The van der Waals surface area contributed by atoms with Crippen LogP contribution in [-0.4, -0.2) is 48.8 Å². The van der Waals surface area contributed by atoms with Gasteiger partial charge < -0.3 is 14.7 Å². The summed E-state index contributed by atoms with van der Waals surface area (Å²) in [7, 11) is -3.64. The Hall–Kier alpha value is -2.70. The molecule has 2 aliphatic heterocycles. The number of nitrogens with one attached hydrogen (secondary N) is 2. The number of halogens is 2. The van der Waals surface area contributed by atoms with Gasteiger partial charge in [0.1, 0.15) is 11.5 Å². The minimum Gasteiger partial charge on any atom is -0.360 e. The van der Waals surface area contributed by atoms with Crippen LogP contribution in [0.3, 0.4) is 0 Å². The lowest BCUT2D eigenvalue weighted by molar-refractivity contribution is 0.0982. The fraction of sp³-hybridized carbons (Fsp3) is 0.414. The number of hydrogen-bond acceptors (Lipinski definition) is 9. The lowest BCUT2D eigenvalue weighted by Gasteiger charge is -2.39. The van der Waals surface area contributed by atoms with E-state index in [-0.39, 0.29) is 0 Å². The zero-order valence-electron chi connectivity index (χ0n) is 22.8. The number of sulfonamides is 1. The first-order valence-corrected chi connectivity index (χ1v) is 17.5. The van der Waals surface area contributed by atoms with Gasteiger partial charge in [0.15, 0.2) is 5.13 Å². The van der Waals surface area contributed by atoms with Gasteiger partial charge in [-0.1, -0.05) is 45.8 Å². The number of benzene rings is 2. The average Bonchev–Trinajstić information content (AvgIpc) is 3.46. The van der Waals surface area contributed by atoms with E-state index in [1.165, 1.54) is 0 Å². The summed E-state index contributed by atoms with van der Waals surface area (Å²) in [5.41, 5.74) is 3.58. The minimum atomic E-state index is -3.64. The normalized spacial score (nSPS) is 22.2. The molecule has 1 saturated carbocycles. The highest BCUT2D eigenvalue weighted by atomic mass is 35.5. The summed E-state index contributed by atoms with van der Waals surface area (Å²) in [5.74, 6) is 0.700. The molecule has 13 heteroatoms. The molecule has 2 atom stereocenters. The number of piperidine rings is 1. The maximum atomic E-state index is 12.4. The summed E-state index contributed by atoms with van der Waals surface area (Å²) in [6.07, 6.45) is 7.35. The smallest absolute Gasteiger partial charge is 0.264 e. The van der Waals surface area contributed by atoms with E-state index in [0.29, 0.717) is 46.2 Å². The number of carbonyl (C=O) groups is 1. The van der Waals surface area contributed by atoms with E-state index < -0.39 is 15.9 Å². The number of amides is 1. The molecule has 220 valence electrons. The molecular weight excluding hydrogens is 617 g/mol. The van der Waals surface area contributed by atoms with Gasteiger partial charge in [0.05, 0.1) is 26.5 Å². The minimum absolute atomic E-state index is 0.297. The second-order valence-corrected chi connectivity index (χ2v) is 15.0. The predicted molar refractivity (Wildman–Crippen MR) is 165 cm³/mol. The molecule has 2 saturated heterocycles. The summed E-state index contributed by atoms with van der Waals surface area (Å²) in [6.45, 7) is 0.635. The lowest BCUT2D eigenvalue weighted by atomic mass is 9.97. The van der Waals surface area contributed by atoms with E-state index in [0.717, 1.165) is 82.7 Å². The molecule has 3 fully saturated rings. The van der Waals surface area contributed by atoms with Gasteiger partial charge >= 0.3 is 0 Å². The fourth-order valence-electron chi connectivity index (χ4n) is 6.37. The fourth-order valence-corrected chi connectivity index (χ4v) is 8.55. The Morgan fingerprint density at radius 3 is 2.48 bits per heavy atom. The molecule has 2 bridgehead atoms. The van der Waals surface area contributed by atoms with Crippen molar-refractivity contribution >= 4 is 65.8 Å². The zero-order valence-corrected chi connectivity index (χ0v) is 25.9. The molecule has 1 aliphatic carbocycles. The Labute approximate surface area is 257 Å². The molecule has 3 aliphatic rings. The third kappa shape index (κ3) is 5.41. The third-order valence-corrected chi connectivity index (χ3v) is 10.6. The number of anilines is 1. The first kappa shape index (κ1) is 28.1. The van der Waals surface area contributed by atoms with Crippen molar-refractivity contribution in [1.29, 1.82) is 0 Å². The second kappa shape index (κ2) is 10.8. The number of nitrogens with zero attached hydrogens (tertiary/aromatic N) is 3. The van der Waals surface area contributed by atoms with E-state index >= 15 is 0 Å². The van der Waals surface area contributed by atoms with Gasteiger partial charge in [0.25, 0.3) is 5.91 Å². The Morgan fingerprint density at radius 2 is 1.81 bits per heavy atom. The van der Waals surface area contributed by atoms with Crippen LogP contribution >= 0.6 is 34.5 Å². The number of carbonyl (C=O) groups excluding carboxylic acids is 1. The molecule has 7 rings (SSSR count). The second-order valence-electron chi connectivity index (χ2n) is 11.5. The molecule has 9 nitrogen and oxygen atoms in total. The van der Waals surface area contributed by atoms with Crippen LogP contribution < -0.4 is 14.9 Å². The van der Waals surface area contributed by atoms with Gasteiger partial charge in [-0.3, -0.25) is 4.79 Å². The van der Waals surface area contributed by atoms with E-state index in [1.807, 2.05) is 22.9 Å². The summed E-state index contributed by atoms with van der Waals surface area (Å²) in [5, 5.41) is 10.3. The maximum Gasteiger partial charge on any atom is 0.264 e. The van der Waals surface area contributed by atoms with Gasteiger partial charge in [0.2, 0.25) is 10.0 Å². The van der Waals surface area contributed by atoms with Crippen LogP contribution in [0.4, 0.5) is 5.13 Å². The Kier molecular flexibility index (Phi) is 7.21. The number of fused-ring (bicyclic) bond motifs is 3. The van der Waals surface area contributed by atoms with Crippen LogP contribution in [0.25, 0.3) is 21.5 Å². The van der Waals surface area contributed by atoms with Crippen LogP contribution in [0.2, 0.25) is 10.0 Å². The molecule has 2 aromatic carbocycles. The number of rotatable bonds is 8. The Morgan fingerprint density at radius 1 is 1.10 bits per heavy atom. The van der Waals surface area contributed by atoms with Crippen molar-refractivity contribution in [2.45, 2.75) is 69.1 Å². The monoisotopic (exact) mass is 645 g/mol. The van der Waals surface area contributed by atoms with Gasteiger partial charge in [-0.05, 0) is 68.9 Å².